The van der Waals surface area contributed by atoms with E-state index in [0.29, 0.717) is 0 Å². The number of halogens is 2. The molecule has 1 heterocycles. The van der Waals surface area contributed by atoms with Gasteiger partial charge < -0.3 is 5.32 Å². The molecule has 0 fully saturated rings. The first-order valence-corrected chi connectivity index (χ1v) is 7.58. The third-order valence-corrected chi connectivity index (χ3v) is 4.45. The highest BCUT2D eigenvalue weighted by Gasteiger charge is 2.12. The van der Waals surface area contributed by atoms with Gasteiger partial charge in [0, 0.05) is 27.2 Å². The predicted molar refractivity (Wildman–Crippen MR) is 78.5 cm³/mol. The lowest BCUT2D eigenvalue weighted by atomic mass is 10.0. The molecule has 1 aromatic heterocycles. The molecule has 0 aliphatic rings. The van der Waals surface area contributed by atoms with Gasteiger partial charge in [-0.3, -0.25) is 0 Å². The monoisotopic (exact) mass is 327 g/mol. The van der Waals surface area contributed by atoms with Gasteiger partial charge in [0.2, 0.25) is 0 Å². The Bertz CT molecular complexity index is 512. The van der Waals surface area contributed by atoms with Crippen molar-refractivity contribution in [1.29, 1.82) is 0 Å². The van der Waals surface area contributed by atoms with Gasteiger partial charge in [0.1, 0.15) is 5.82 Å². The molecule has 1 aromatic carbocycles. The van der Waals surface area contributed by atoms with Gasteiger partial charge in [-0.05, 0) is 46.2 Å². The van der Waals surface area contributed by atoms with Crippen molar-refractivity contribution in [1.82, 2.24) is 5.32 Å². The van der Waals surface area contributed by atoms with Crippen LogP contribution < -0.4 is 5.32 Å². The Kier molecular flexibility index (Phi) is 4.92. The molecule has 4 heteroatoms. The molecule has 0 bridgehead atoms. The minimum atomic E-state index is -0.178. The Morgan fingerprint density at radius 1 is 1.39 bits per heavy atom. The van der Waals surface area contributed by atoms with Crippen molar-refractivity contribution in [2.75, 3.05) is 6.54 Å². The zero-order chi connectivity index (χ0) is 13.0. The maximum absolute atomic E-state index is 13.3. The Labute approximate surface area is 119 Å². The van der Waals surface area contributed by atoms with E-state index in [0.717, 1.165) is 23.0 Å². The van der Waals surface area contributed by atoms with Crippen molar-refractivity contribution >= 4 is 27.3 Å². The first kappa shape index (κ1) is 13.7. The van der Waals surface area contributed by atoms with Crippen molar-refractivity contribution in [2.45, 2.75) is 19.4 Å². The van der Waals surface area contributed by atoms with E-state index >= 15 is 0 Å². The molecular formula is C14H15BrFNS. The number of nitrogens with one attached hydrogen (secondary N) is 1. The summed E-state index contributed by atoms with van der Waals surface area (Å²) in [5.41, 5.74) is 1.00. The molecule has 1 nitrogen and oxygen atoms in total. The molecule has 1 atom stereocenters. The molecule has 2 aromatic rings. The molecule has 1 N–H and O–H groups in total. The zero-order valence-electron chi connectivity index (χ0n) is 10.1. The van der Waals surface area contributed by atoms with Gasteiger partial charge in [-0.1, -0.05) is 19.1 Å². The average Bonchev–Trinajstić information content (AvgIpc) is 2.74. The van der Waals surface area contributed by atoms with Crippen LogP contribution in [0, 0.1) is 5.82 Å². The topological polar surface area (TPSA) is 12.0 Å². The van der Waals surface area contributed by atoms with E-state index in [9.17, 15) is 4.39 Å². The third-order valence-electron chi connectivity index (χ3n) is 2.73. The summed E-state index contributed by atoms with van der Waals surface area (Å²) in [4.78, 5) is 1.29. The van der Waals surface area contributed by atoms with E-state index < -0.39 is 0 Å². The highest BCUT2D eigenvalue weighted by molar-refractivity contribution is 9.10. The summed E-state index contributed by atoms with van der Waals surface area (Å²) < 4.78 is 14.4. The average molecular weight is 328 g/mol. The molecule has 2 rings (SSSR count). The van der Waals surface area contributed by atoms with Gasteiger partial charge >= 0.3 is 0 Å². The van der Waals surface area contributed by atoms with Crippen LogP contribution in [0.5, 0.6) is 0 Å². The first-order chi connectivity index (χ1) is 8.69. The maximum Gasteiger partial charge on any atom is 0.123 e. The van der Waals surface area contributed by atoms with Crippen LogP contribution in [-0.2, 0) is 6.42 Å². The molecule has 0 aliphatic heterocycles. The molecule has 0 saturated carbocycles. The van der Waals surface area contributed by atoms with Crippen molar-refractivity contribution in [2.24, 2.45) is 0 Å². The minimum Gasteiger partial charge on any atom is -0.310 e. The smallest absolute Gasteiger partial charge is 0.123 e. The van der Waals surface area contributed by atoms with E-state index in [2.05, 4.69) is 39.6 Å². The fraction of sp³-hybridized carbons (Fsp3) is 0.286. The van der Waals surface area contributed by atoms with Crippen LogP contribution in [0.25, 0.3) is 0 Å². The highest BCUT2D eigenvalue weighted by Crippen LogP contribution is 2.25. The Balaban J connectivity index is 2.17. The third kappa shape index (κ3) is 3.64. The quantitative estimate of drug-likeness (QED) is 0.849. The van der Waals surface area contributed by atoms with Crippen molar-refractivity contribution in [3.8, 4) is 0 Å². The summed E-state index contributed by atoms with van der Waals surface area (Å²) in [5.74, 6) is -0.178. The molecule has 0 radical (unpaired) electrons. The maximum atomic E-state index is 13.3. The lowest BCUT2D eigenvalue weighted by molar-refractivity contribution is 0.546. The molecule has 0 aliphatic carbocycles. The van der Waals surface area contributed by atoms with Crippen LogP contribution in [0.3, 0.4) is 0 Å². The van der Waals surface area contributed by atoms with Crippen LogP contribution in [0.4, 0.5) is 4.39 Å². The van der Waals surface area contributed by atoms with Crippen LogP contribution in [-0.4, -0.2) is 6.54 Å². The van der Waals surface area contributed by atoms with Gasteiger partial charge in [0.15, 0.2) is 0 Å². The number of likely N-dealkylation sites (N-methyl/N-ethyl adjacent to an activating group) is 1. The lowest BCUT2D eigenvalue weighted by Gasteiger charge is -2.17. The zero-order valence-corrected chi connectivity index (χ0v) is 12.5. The summed E-state index contributed by atoms with van der Waals surface area (Å²) in [6, 6.07) is 9.10. The standard InChI is InChI=1S/C14H15BrFNS/c1-2-17-14(8-13-7-11(15)9-18-13)10-4-3-5-12(16)6-10/h3-7,9,14,17H,2,8H2,1H3. The van der Waals surface area contributed by atoms with Gasteiger partial charge in [0.25, 0.3) is 0 Å². The van der Waals surface area contributed by atoms with Gasteiger partial charge in [-0.25, -0.2) is 4.39 Å². The van der Waals surface area contributed by atoms with E-state index in [1.807, 2.05) is 6.07 Å². The van der Waals surface area contributed by atoms with Crippen molar-refractivity contribution in [3.63, 3.8) is 0 Å². The molecule has 1 unspecified atom stereocenters. The SMILES string of the molecule is CCNC(Cc1cc(Br)cs1)c1cccc(F)c1. The van der Waals surface area contributed by atoms with Gasteiger partial charge in [-0.15, -0.1) is 11.3 Å². The van der Waals surface area contributed by atoms with E-state index in [4.69, 9.17) is 0 Å². The molecule has 0 spiro atoms. The fourth-order valence-corrected chi connectivity index (χ4v) is 3.44. The number of thiophene rings is 1. The Hall–Kier alpha value is -0.710. The van der Waals surface area contributed by atoms with Crippen LogP contribution in [0.1, 0.15) is 23.4 Å². The largest absolute Gasteiger partial charge is 0.310 e. The highest BCUT2D eigenvalue weighted by atomic mass is 79.9. The Morgan fingerprint density at radius 3 is 2.83 bits per heavy atom. The second-order valence-corrected chi connectivity index (χ2v) is 6.01. The van der Waals surface area contributed by atoms with E-state index in [1.165, 1.54) is 10.9 Å². The second kappa shape index (κ2) is 6.45. The summed E-state index contributed by atoms with van der Waals surface area (Å²) in [5, 5.41) is 5.48. The molecular weight excluding hydrogens is 313 g/mol. The van der Waals surface area contributed by atoms with E-state index in [1.54, 1.807) is 23.5 Å². The van der Waals surface area contributed by atoms with Crippen molar-refractivity contribution < 1.29 is 4.39 Å². The summed E-state index contributed by atoms with van der Waals surface area (Å²) in [6.45, 7) is 2.93. The fourth-order valence-electron chi connectivity index (χ4n) is 1.94. The minimum absolute atomic E-state index is 0.163. The lowest BCUT2D eigenvalue weighted by Crippen LogP contribution is -2.22. The summed E-state index contributed by atoms with van der Waals surface area (Å²) in [6.07, 6.45) is 0.882. The molecule has 96 valence electrons. The van der Waals surface area contributed by atoms with Crippen LogP contribution in [0.15, 0.2) is 40.2 Å². The summed E-state index contributed by atoms with van der Waals surface area (Å²) >= 11 is 5.18. The first-order valence-electron chi connectivity index (χ1n) is 5.90. The second-order valence-electron chi connectivity index (χ2n) is 4.10. The molecule has 0 amide bonds. The van der Waals surface area contributed by atoms with Crippen LogP contribution >= 0.6 is 27.3 Å². The normalized spacial score (nSPS) is 12.6. The number of rotatable bonds is 5. The van der Waals surface area contributed by atoms with Crippen molar-refractivity contribution in [3.05, 3.63) is 56.4 Å². The Morgan fingerprint density at radius 2 is 2.22 bits per heavy atom. The number of benzene rings is 1. The number of hydrogen-bond acceptors (Lipinski definition) is 2. The molecule has 18 heavy (non-hydrogen) atoms. The van der Waals surface area contributed by atoms with Gasteiger partial charge in [-0.2, -0.15) is 0 Å². The van der Waals surface area contributed by atoms with E-state index in [-0.39, 0.29) is 11.9 Å². The van der Waals surface area contributed by atoms with Crippen LogP contribution in [0.2, 0.25) is 0 Å². The molecule has 0 saturated heterocycles. The predicted octanol–water partition coefficient (Wildman–Crippen LogP) is 4.54. The number of hydrogen-bond donors (Lipinski definition) is 1. The summed E-state index contributed by atoms with van der Waals surface area (Å²) in [7, 11) is 0. The van der Waals surface area contributed by atoms with Gasteiger partial charge in [0.05, 0.1) is 0 Å².